The summed E-state index contributed by atoms with van der Waals surface area (Å²) >= 11 is 3.45. The molecular formula is C13H22BrClN4O. The number of halogens is 2. The summed E-state index contributed by atoms with van der Waals surface area (Å²) in [6, 6.07) is 0. The van der Waals surface area contributed by atoms with Gasteiger partial charge in [0.1, 0.15) is 0 Å². The average Bonchev–Trinajstić information content (AvgIpc) is 2.79. The first-order chi connectivity index (χ1) is 9.09. The first-order valence-corrected chi connectivity index (χ1v) is 7.61. The minimum Gasteiger partial charge on any atom is -0.350 e. The number of hydrogen-bond donors (Lipinski definition) is 3. The molecule has 1 saturated heterocycles. The molecule has 0 aliphatic carbocycles. The van der Waals surface area contributed by atoms with Gasteiger partial charge >= 0.3 is 0 Å². The lowest BCUT2D eigenvalue weighted by Crippen LogP contribution is -2.38. The SMILES string of the molecule is CC(C)c1[nH]nc(C(=O)NCC2CCCNC2)c1Br.Cl. The van der Waals surface area contributed by atoms with Crippen molar-refractivity contribution in [2.75, 3.05) is 19.6 Å². The Morgan fingerprint density at radius 2 is 2.30 bits per heavy atom. The molecule has 20 heavy (non-hydrogen) atoms. The summed E-state index contributed by atoms with van der Waals surface area (Å²) in [6.45, 7) is 6.91. The lowest BCUT2D eigenvalue weighted by molar-refractivity contribution is 0.0939. The highest BCUT2D eigenvalue weighted by Gasteiger charge is 2.20. The monoisotopic (exact) mass is 364 g/mol. The third-order valence-corrected chi connectivity index (χ3v) is 4.28. The van der Waals surface area contributed by atoms with Crippen molar-refractivity contribution >= 4 is 34.2 Å². The second-order valence-corrected chi connectivity index (χ2v) is 6.17. The first kappa shape index (κ1) is 17.5. The number of nitrogens with one attached hydrogen (secondary N) is 3. The van der Waals surface area contributed by atoms with Crippen LogP contribution in [0, 0.1) is 5.92 Å². The van der Waals surface area contributed by atoms with E-state index in [0.717, 1.165) is 23.3 Å². The van der Waals surface area contributed by atoms with Crippen molar-refractivity contribution in [3.63, 3.8) is 0 Å². The van der Waals surface area contributed by atoms with Gasteiger partial charge in [-0.1, -0.05) is 13.8 Å². The molecule has 1 fully saturated rings. The van der Waals surface area contributed by atoms with Crippen LogP contribution in [0.15, 0.2) is 4.47 Å². The topological polar surface area (TPSA) is 69.8 Å². The first-order valence-electron chi connectivity index (χ1n) is 6.82. The minimum atomic E-state index is -0.111. The van der Waals surface area contributed by atoms with Gasteiger partial charge in [0, 0.05) is 6.54 Å². The number of piperidine rings is 1. The molecule has 1 aromatic rings. The van der Waals surface area contributed by atoms with Gasteiger partial charge < -0.3 is 10.6 Å². The Bertz CT molecular complexity index is 444. The van der Waals surface area contributed by atoms with Crippen molar-refractivity contribution in [2.45, 2.75) is 32.6 Å². The van der Waals surface area contributed by atoms with Gasteiger partial charge in [0.2, 0.25) is 0 Å². The van der Waals surface area contributed by atoms with E-state index in [2.05, 4.69) is 50.6 Å². The molecule has 0 spiro atoms. The lowest BCUT2D eigenvalue weighted by atomic mass is 10.00. The molecule has 1 unspecified atom stereocenters. The third-order valence-electron chi connectivity index (χ3n) is 3.48. The van der Waals surface area contributed by atoms with Gasteiger partial charge in [-0.25, -0.2) is 0 Å². The molecule has 0 saturated carbocycles. The van der Waals surface area contributed by atoms with Crippen LogP contribution in [0.4, 0.5) is 0 Å². The quantitative estimate of drug-likeness (QED) is 0.767. The fourth-order valence-electron chi connectivity index (χ4n) is 2.29. The molecule has 1 aliphatic heterocycles. The maximum absolute atomic E-state index is 12.1. The molecule has 0 aromatic carbocycles. The van der Waals surface area contributed by atoms with E-state index in [4.69, 9.17) is 0 Å². The maximum Gasteiger partial charge on any atom is 0.272 e. The molecule has 2 rings (SSSR count). The van der Waals surface area contributed by atoms with Gasteiger partial charge in [-0.2, -0.15) is 5.10 Å². The molecular weight excluding hydrogens is 344 g/mol. The second kappa shape index (κ2) is 8.00. The van der Waals surface area contributed by atoms with E-state index < -0.39 is 0 Å². The van der Waals surface area contributed by atoms with Crippen molar-refractivity contribution in [1.82, 2.24) is 20.8 Å². The number of rotatable bonds is 4. The van der Waals surface area contributed by atoms with Gasteiger partial charge in [-0.3, -0.25) is 9.89 Å². The van der Waals surface area contributed by atoms with E-state index in [9.17, 15) is 4.79 Å². The van der Waals surface area contributed by atoms with Crippen molar-refractivity contribution in [1.29, 1.82) is 0 Å². The number of carbonyl (C=O) groups excluding carboxylic acids is 1. The summed E-state index contributed by atoms with van der Waals surface area (Å²) in [6.07, 6.45) is 2.36. The minimum absolute atomic E-state index is 0. The van der Waals surface area contributed by atoms with Crippen molar-refractivity contribution in [3.05, 3.63) is 15.9 Å². The van der Waals surface area contributed by atoms with Crippen molar-refractivity contribution < 1.29 is 4.79 Å². The number of hydrogen-bond acceptors (Lipinski definition) is 3. The third kappa shape index (κ3) is 4.20. The van der Waals surface area contributed by atoms with Crippen molar-refractivity contribution in [2.24, 2.45) is 5.92 Å². The Labute approximate surface area is 134 Å². The number of nitrogens with zero attached hydrogens (tertiary/aromatic N) is 1. The van der Waals surface area contributed by atoms with Crippen LogP contribution in [0.5, 0.6) is 0 Å². The Morgan fingerprint density at radius 1 is 1.55 bits per heavy atom. The Hall–Kier alpha value is -0.590. The second-order valence-electron chi connectivity index (χ2n) is 5.38. The van der Waals surface area contributed by atoms with E-state index in [1.54, 1.807) is 0 Å². The van der Waals surface area contributed by atoms with Crippen LogP contribution in [-0.4, -0.2) is 35.7 Å². The molecule has 114 valence electrons. The molecule has 0 radical (unpaired) electrons. The highest BCUT2D eigenvalue weighted by atomic mass is 79.9. The van der Waals surface area contributed by atoms with Crippen LogP contribution in [-0.2, 0) is 0 Å². The zero-order valence-electron chi connectivity index (χ0n) is 11.8. The normalized spacial score (nSPS) is 18.7. The van der Waals surface area contributed by atoms with E-state index in [1.807, 2.05) is 0 Å². The molecule has 0 bridgehead atoms. The van der Waals surface area contributed by atoms with Crippen LogP contribution in [0.2, 0.25) is 0 Å². The number of aromatic amines is 1. The molecule has 1 aliphatic rings. The summed E-state index contributed by atoms with van der Waals surface area (Å²) in [5, 5.41) is 13.3. The van der Waals surface area contributed by atoms with Gasteiger partial charge in [-0.15, -0.1) is 12.4 Å². The van der Waals surface area contributed by atoms with Crippen LogP contribution in [0.1, 0.15) is 48.8 Å². The molecule has 1 atom stereocenters. The number of carbonyl (C=O) groups is 1. The largest absolute Gasteiger partial charge is 0.350 e. The standard InChI is InChI=1S/C13H21BrN4O.ClH/c1-8(2)11-10(14)12(18-17-11)13(19)16-7-9-4-3-5-15-6-9;/h8-9,15H,3-7H2,1-2H3,(H,16,19)(H,17,18);1H. The number of aromatic nitrogens is 2. The predicted molar refractivity (Wildman–Crippen MR) is 85.6 cm³/mol. The summed E-state index contributed by atoms with van der Waals surface area (Å²) in [5.41, 5.74) is 1.41. The van der Waals surface area contributed by atoms with Crippen LogP contribution in [0.25, 0.3) is 0 Å². The average molecular weight is 366 g/mol. The summed E-state index contributed by atoms with van der Waals surface area (Å²) < 4.78 is 0.779. The predicted octanol–water partition coefficient (Wildman–Crippen LogP) is 2.45. The van der Waals surface area contributed by atoms with Crippen LogP contribution >= 0.6 is 28.3 Å². The molecule has 1 aromatic heterocycles. The maximum atomic E-state index is 12.1. The van der Waals surface area contributed by atoms with Crippen molar-refractivity contribution in [3.8, 4) is 0 Å². The Morgan fingerprint density at radius 3 is 2.85 bits per heavy atom. The zero-order chi connectivity index (χ0) is 13.8. The Kier molecular flexibility index (Phi) is 6.99. The summed E-state index contributed by atoms with van der Waals surface area (Å²) in [5.74, 6) is 0.728. The molecule has 1 amide bonds. The smallest absolute Gasteiger partial charge is 0.272 e. The lowest BCUT2D eigenvalue weighted by Gasteiger charge is -2.22. The van der Waals surface area contributed by atoms with Gasteiger partial charge in [0.15, 0.2) is 5.69 Å². The van der Waals surface area contributed by atoms with E-state index in [1.165, 1.54) is 12.8 Å². The van der Waals surface area contributed by atoms with Gasteiger partial charge in [0.25, 0.3) is 5.91 Å². The van der Waals surface area contributed by atoms with E-state index in [0.29, 0.717) is 24.1 Å². The molecule has 5 nitrogen and oxygen atoms in total. The van der Waals surface area contributed by atoms with E-state index in [-0.39, 0.29) is 18.3 Å². The Balaban J connectivity index is 0.00000200. The highest BCUT2D eigenvalue weighted by Crippen LogP contribution is 2.25. The van der Waals surface area contributed by atoms with Crippen LogP contribution < -0.4 is 10.6 Å². The van der Waals surface area contributed by atoms with Crippen LogP contribution in [0.3, 0.4) is 0 Å². The van der Waals surface area contributed by atoms with E-state index >= 15 is 0 Å². The highest BCUT2D eigenvalue weighted by molar-refractivity contribution is 9.10. The molecule has 7 heteroatoms. The molecule has 3 N–H and O–H groups in total. The summed E-state index contributed by atoms with van der Waals surface area (Å²) in [7, 11) is 0. The molecule has 2 heterocycles. The number of amides is 1. The zero-order valence-corrected chi connectivity index (χ0v) is 14.2. The fraction of sp³-hybridized carbons (Fsp3) is 0.692. The fourth-order valence-corrected chi connectivity index (χ4v) is 3.11. The van der Waals surface area contributed by atoms with Gasteiger partial charge in [0.05, 0.1) is 10.2 Å². The van der Waals surface area contributed by atoms with Gasteiger partial charge in [-0.05, 0) is 53.7 Å². The summed E-state index contributed by atoms with van der Waals surface area (Å²) in [4.78, 5) is 12.1. The number of H-pyrrole nitrogens is 1.